The van der Waals surface area contributed by atoms with Crippen LogP contribution >= 0.6 is 15.6 Å². The minimum Gasteiger partial charge on any atom is -0.462 e. The SMILES string of the molecule is CCCCC/C=C\C/C=C\C/C=C\C/C=C\CCCC(=O)O[C@H](COC(=O)CCCCCCC/C=C\CCCCCCCC)COP(=O)(O)OC[C@H](O)COP(=O)(O)OC[C@@H](COC(=O)CCCCCCCCCCCCCCCCCCC)OC(=O)CCCCCCCCCCCCCCCCCCC. The molecule has 0 fully saturated rings. The van der Waals surface area contributed by atoms with Gasteiger partial charge in [-0.15, -0.1) is 0 Å². The minimum absolute atomic E-state index is 0.0217. The van der Waals surface area contributed by atoms with Crippen LogP contribution in [0.15, 0.2) is 60.8 Å². The lowest BCUT2D eigenvalue weighted by Crippen LogP contribution is -2.30. The molecule has 0 aromatic rings. The molecule has 0 rings (SSSR count). The Bertz CT molecular complexity index is 2240. The average molecular weight is 1540 g/mol. The highest BCUT2D eigenvalue weighted by Crippen LogP contribution is 2.45. The van der Waals surface area contributed by atoms with Crippen molar-refractivity contribution >= 4 is 39.5 Å². The molecular formula is C87H160O17P2. The van der Waals surface area contributed by atoms with Crippen molar-refractivity contribution in [3.63, 3.8) is 0 Å². The van der Waals surface area contributed by atoms with Gasteiger partial charge >= 0.3 is 39.5 Å². The molecule has 0 amide bonds. The molecule has 0 aromatic heterocycles. The second-order valence-electron chi connectivity index (χ2n) is 29.5. The van der Waals surface area contributed by atoms with Crippen molar-refractivity contribution in [2.45, 2.75) is 431 Å². The average Bonchev–Trinajstić information content (AvgIpc) is 0.902. The highest BCUT2D eigenvalue weighted by molar-refractivity contribution is 7.47. The van der Waals surface area contributed by atoms with Crippen LogP contribution in [0.1, 0.15) is 413 Å². The van der Waals surface area contributed by atoms with Gasteiger partial charge in [0.25, 0.3) is 0 Å². The first kappa shape index (κ1) is 103. The van der Waals surface area contributed by atoms with Crippen LogP contribution in [0, 0.1) is 0 Å². The molecule has 0 saturated carbocycles. The maximum absolute atomic E-state index is 13.1. The normalized spacial score (nSPS) is 14.1. The highest BCUT2D eigenvalue weighted by Gasteiger charge is 2.30. The van der Waals surface area contributed by atoms with Gasteiger partial charge in [0.1, 0.15) is 19.3 Å². The van der Waals surface area contributed by atoms with Crippen molar-refractivity contribution in [3.8, 4) is 0 Å². The summed E-state index contributed by atoms with van der Waals surface area (Å²) in [6.45, 7) is 4.89. The monoisotopic (exact) mass is 1540 g/mol. The van der Waals surface area contributed by atoms with Gasteiger partial charge in [-0.2, -0.15) is 0 Å². The van der Waals surface area contributed by atoms with Crippen molar-refractivity contribution in [1.82, 2.24) is 0 Å². The fourth-order valence-electron chi connectivity index (χ4n) is 12.3. The summed E-state index contributed by atoms with van der Waals surface area (Å²) < 4.78 is 68.8. The highest BCUT2D eigenvalue weighted by atomic mass is 31.2. The number of ether oxygens (including phenoxy) is 4. The van der Waals surface area contributed by atoms with Crippen LogP contribution in [0.3, 0.4) is 0 Å². The van der Waals surface area contributed by atoms with Crippen LogP contribution in [0.25, 0.3) is 0 Å². The van der Waals surface area contributed by atoms with E-state index in [0.29, 0.717) is 32.1 Å². The molecule has 0 bridgehead atoms. The number of aliphatic hydroxyl groups excluding tert-OH is 1. The second kappa shape index (κ2) is 79.8. The van der Waals surface area contributed by atoms with Crippen LogP contribution in [-0.4, -0.2) is 96.7 Å². The van der Waals surface area contributed by atoms with Gasteiger partial charge in [0.2, 0.25) is 0 Å². The fourth-order valence-corrected chi connectivity index (χ4v) is 13.9. The van der Waals surface area contributed by atoms with Crippen LogP contribution in [-0.2, 0) is 65.4 Å². The molecule has 0 spiro atoms. The van der Waals surface area contributed by atoms with E-state index < -0.39 is 97.5 Å². The topological polar surface area (TPSA) is 237 Å². The summed E-state index contributed by atoms with van der Waals surface area (Å²) in [5, 5.41) is 10.7. The summed E-state index contributed by atoms with van der Waals surface area (Å²) in [7, 11) is -9.97. The molecule has 2 unspecified atom stereocenters. The fraction of sp³-hybridized carbons (Fsp3) is 0.839. The third kappa shape index (κ3) is 78.9. The Balaban J connectivity index is 5.37. The van der Waals surface area contributed by atoms with Gasteiger partial charge in [0.05, 0.1) is 26.4 Å². The maximum atomic E-state index is 13.1. The number of carbonyl (C=O) groups excluding carboxylic acids is 4. The Morgan fingerprint density at radius 3 is 0.774 bits per heavy atom. The zero-order valence-electron chi connectivity index (χ0n) is 68.1. The summed E-state index contributed by atoms with van der Waals surface area (Å²) in [5.41, 5.74) is 0. The molecule has 0 heterocycles. The lowest BCUT2D eigenvalue weighted by molar-refractivity contribution is -0.161. The lowest BCUT2D eigenvalue weighted by atomic mass is 10.0. The van der Waals surface area contributed by atoms with Crippen molar-refractivity contribution in [2.75, 3.05) is 39.6 Å². The molecule has 0 aliphatic rings. The van der Waals surface area contributed by atoms with Gasteiger partial charge in [-0.25, -0.2) is 9.13 Å². The summed E-state index contributed by atoms with van der Waals surface area (Å²) in [6, 6.07) is 0. The number of allylic oxidation sites excluding steroid dienone is 10. The Kier molecular flexibility index (Phi) is 77.4. The first-order valence-electron chi connectivity index (χ1n) is 43.5. The zero-order chi connectivity index (χ0) is 77.4. The first-order chi connectivity index (χ1) is 51.7. The molecule has 0 radical (unpaired) electrons. The van der Waals surface area contributed by atoms with Crippen LogP contribution in [0.2, 0.25) is 0 Å². The Hall–Kier alpha value is -3.24. The summed E-state index contributed by atoms with van der Waals surface area (Å²) in [5.74, 6) is -2.20. The van der Waals surface area contributed by atoms with Crippen molar-refractivity contribution < 1.29 is 80.2 Å². The largest absolute Gasteiger partial charge is 0.472 e. The number of hydrogen-bond donors (Lipinski definition) is 3. The van der Waals surface area contributed by atoms with E-state index in [1.165, 1.54) is 218 Å². The van der Waals surface area contributed by atoms with E-state index in [1.807, 2.05) is 12.2 Å². The number of esters is 4. The molecule has 3 N–H and O–H groups in total. The molecule has 17 nitrogen and oxygen atoms in total. The van der Waals surface area contributed by atoms with E-state index >= 15 is 0 Å². The quantitative estimate of drug-likeness (QED) is 0.0169. The molecular weight excluding hydrogens is 1380 g/mol. The van der Waals surface area contributed by atoms with Crippen LogP contribution in [0.5, 0.6) is 0 Å². The van der Waals surface area contributed by atoms with Crippen molar-refractivity contribution in [2.24, 2.45) is 0 Å². The van der Waals surface area contributed by atoms with E-state index in [4.69, 9.17) is 37.0 Å². The summed E-state index contributed by atoms with van der Waals surface area (Å²) >= 11 is 0. The number of aliphatic hydroxyl groups is 1. The summed E-state index contributed by atoms with van der Waals surface area (Å²) in [6.07, 6.45) is 81.9. The maximum Gasteiger partial charge on any atom is 0.472 e. The van der Waals surface area contributed by atoms with Crippen molar-refractivity contribution in [1.29, 1.82) is 0 Å². The molecule has 5 atom stereocenters. The molecule has 19 heteroatoms. The first-order valence-corrected chi connectivity index (χ1v) is 46.5. The Morgan fingerprint density at radius 1 is 0.264 bits per heavy atom. The Morgan fingerprint density at radius 2 is 0.472 bits per heavy atom. The van der Waals surface area contributed by atoms with Crippen molar-refractivity contribution in [3.05, 3.63) is 60.8 Å². The van der Waals surface area contributed by atoms with E-state index in [2.05, 4.69) is 76.3 Å². The molecule has 620 valence electrons. The van der Waals surface area contributed by atoms with Gasteiger partial charge in [-0.3, -0.25) is 37.3 Å². The molecule has 106 heavy (non-hydrogen) atoms. The lowest BCUT2D eigenvalue weighted by Gasteiger charge is -2.21. The summed E-state index contributed by atoms with van der Waals surface area (Å²) in [4.78, 5) is 73.2. The third-order valence-corrected chi connectivity index (χ3v) is 20.9. The zero-order valence-corrected chi connectivity index (χ0v) is 69.9. The van der Waals surface area contributed by atoms with Crippen LogP contribution in [0.4, 0.5) is 0 Å². The number of carbonyl (C=O) groups is 4. The van der Waals surface area contributed by atoms with Crippen LogP contribution < -0.4 is 0 Å². The van der Waals surface area contributed by atoms with E-state index in [-0.39, 0.29) is 25.7 Å². The van der Waals surface area contributed by atoms with E-state index in [9.17, 15) is 43.2 Å². The van der Waals surface area contributed by atoms with Gasteiger partial charge in [0, 0.05) is 25.7 Å². The van der Waals surface area contributed by atoms with Gasteiger partial charge in [-0.1, -0.05) is 358 Å². The second-order valence-corrected chi connectivity index (χ2v) is 32.4. The molecule has 0 aromatic carbocycles. The predicted octanol–water partition coefficient (Wildman–Crippen LogP) is 25.8. The minimum atomic E-state index is -4.99. The number of phosphoric ester groups is 2. The van der Waals surface area contributed by atoms with Gasteiger partial charge < -0.3 is 33.8 Å². The van der Waals surface area contributed by atoms with E-state index in [1.54, 1.807) is 0 Å². The number of rotatable bonds is 83. The number of hydrogen-bond acceptors (Lipinski definition) is 15. The number of unbranched alkanes of at least 4 members (excludes halogenated alkanes) is 47. The van der Waals surface area contributed by atoms with Gasteiger partial charge in [-0.05, 0) is 89.9 Å². The molecule has 0 saturated heterocycles. The predicted molar refractivity (Wildman–Crippen MR) is 437 cm³/mol. The van der Waals surface area contributed by atoms with Gasteiger partial charge in [0.15, 0.2) is 12.2 Å². The number of phosphoric acid groups is 2. The van der Waals surface area contributed by atoms with E-state index in [0.717, 1.165) is 109 Å². The molecule has 0 aliphatic carbocycles. The standard InChI is InChI=1S/C87H160O17P2/c1-5-9-13-17-21-25-29-33-37-40-44-48-52-56-60-64-68-72-85(90)98-78-83(104-87(92)74-70-66-62-58-54-50-46-42-39-35-31-27-23-19-15-11-7-3)80-102-106(95,96)100-76-81(88)75-99-105(93,94)101-79-82(77-97-84(89)71-67-63-59-55-51-47-43-36-32-28-24-20-16-12-8-4)103-86(91)73-69-65-61-57-53-49-45-41-38-34-30-26-22-18-14-10-6-2/h22,26,34,36,38,43,45,49,57,61,81-83,88H,5-21,23-25,27-33,35,37,39-42,44,46-48,50-56,58-60,62-80H2,1-4H3,(H,93,94)(H,95,96)/b26-22-,38-34-,43-36-,49-45-,61-57-/t81-,82+,83+/m0/s1. The third-order valence-electron chi connectivity index (χ3n) is 19.0. The molecule has 0 aliphatic heterocycles. The Labute approximate surface area is 648 Å². The smallest absolute Gasteiger partial charge is 0.462 e.